The van der Waals surface area contributed by atoms with Crippen molar-refractivity contribution in [2.24, 2.45) is 5.73 Å². The Hall–Kier alpha value is -1.64. The fourth-order valence-electron chi connectivity index (χ4n) is 1.89. The quantitative estimate of drug-likeness (QED) is 0.768. The van der Waals surface area contributed by atoms with E-state index in [1.165, 1.54) is 13.0 Å². The maximum atomic E-state index is 12.7. The molecule has 0 radical (unpaired) electrons. The highest BCUT2D eigenvalue weighted by Gasteiger charge is 2.28. The monoisotopic (exact) mass is 348 g/mol. The molecule has 7 nitrogen and oxygen atoms in total. The van der Waals surface area contributed by atoms with E-state index in [1.54, 1.807) is 6.92 Å². The third-order valence-corrected chi connectivity index (χ3v) is 5.33. The Morgan fingerprint density at radius 2 is 1.95 bits per heavy atom. The molecule has 0 heterocycles. The van der Waals surface area contributed by atoms with Crippen LogP contribution in [-0.4, -0.2) is 42.8 Å². The normalized spacial score (nSPS) is 11.6. The molecule has 122 valence electrons. The predicted molar refractivity (Wildman–Crippen MR) is 81.4 cm³/mol. The first-order chi connectivity index (χ1) is 10.1. The number of nitrogens with two attached hydrogens (primary N) is 1. The molecule has 0 unspecified atom stereocenters. The van der Waals surface area contributed by atoms with Crippen LogP contribution in [0.25, 0.3) is 0 Å². The highest BCUT2D eigenvalue weighted by molar-refractivity contribution is 7.89. The molecule has 0 saturated heterocycles. The molecule has 0 aromatic heterocycles. The molecule has 9 heteroatoms. The Labute approximate surface area is 133 Å². The molecule has 0 aliphatic heterocycles. The van der Waals surface area contributed by atoms with Crippen LogP contribution in [-0.2, 0) is 14.8 Å². The van der Waals surface area contributed by atoms with Crippen molar-refractivity contribution in [2.75, 3.05) is 13.1 Å². The van der Waals surface area contributed by atoms with E-state index in [0.717, 1.165) is 10.4 Å². The Bertz CT molecular complexity index is 703. The van der Waals surface area contributed by atoms with Gasteiger partial charge in [-0.3, -0.25) is 4.79 Å². The zero-order chi connectivity index (χ0) is 17.1. The molecular formula is C13H17ClN2O5S. The number of amides is 1. The van der Waals surface area contributed by atoms with Crippen molar-refractivity contribution < 1.29 is 23.1 Å². The van der Waals surface area contributed by atoms with Gasteiger partial charge in [-0.15, -0.1) is 0 Å². The van der Waals surface area contributed by atoms with Gasteiger partial charge in [0.25, 0.3) is 0 Å². The van der Waals surface area contributed by atoms with Crippen molar-refractivity contribution in [1.82, 2.24) is 4.31 Å². The second kappa shape index (κ2) is 7.08. The van der Waals surface area contributed by atoms with Crippen molar-refractivity contribution in [1.29, 1.82) is 0 Å². The lowest BCUT2D eigenvalue weighted by Crippen LogP contribution is -2.39. The van der Waals surface area contributed by atoms with Gasteiger partial charge >= 0.3 is 5.97 Å². The summed E-state index contributed by atoms with van der Waals surface area (Å²) in [5.41, 5.74) is 5.05. The number of hydrogen-bond donors (Lipinski definition) is 2. The smallest absolute Gasteiger partial charge is 0.335 e. The highest BCUT2D eigenvalue weighted by atomic mass is 35.5. The minimum Gasteiger partial charge on any atom is -0.478 e. The summed E-state index contributed by atoms with van der Waals surface area (Å²) in [5, 5.41) is 9.06. The second-order valence-electron chi connectivity index (χ2n) is 4.69. The first kappa shape index (κ1) is 18.4. The maximum absolute atomic E-state index is 12.7. The minimum absolute atomic E-state index is 0.0222. The van der Waals surface area contributed by atoms with Gasteiger partial charge in [-0.25, -0.2) is 13.2 Å². The van der Waals surface area contributed by atoms with Crippen molar-refractivity contribution in [2.45, 2.75) is 25.2 Å². The molecule has 0 aliphatic carbocycles. The van der Waals surface area contributed by atoms with Crippen LogP contribution < -0.4 is 5.73 Å². The average Bonchev–Trinajstić information content (AvgIpc) is 2.40. The number of rotatable bonds is 7. The maximum Gasteiger partial charge on any atom is 0.335 e. The van der Waals surface area contributed by atoms with E-state index in [1.807, 2.05) is 0 Å². The largest absolute Gasteiger partial charge is 0.478 e. The third kappa shape index (κ3) is 3.96. The number of sulfonamides is 1. The summed E-state index contributed by atoms with van der Waals surface area (Å²) in [6.07, 6.45) is 0.470. The number of carbonyl (C=O) groups excluding carboxylic acids is 1. The number of benzene rings is 1. The molecule has 1 rings (SSSR count). The predicted octanol–water partition coefficient (Wildman–Crippen LogP) is 1.23. The summed E-state index contributed by atoms with van der Waals surface area (Å²) in [6, 6.07) is 2.21. The molecule has 0 spiro atoms. The molecule has 0 atom stereocenters. The van der Waals surface area contributed by atoms with E-state index in [-0.39, 0.29) is 27.6 Å². The summed E-state index contributed by atoms with van der Waals surface area (Å²) >= 11 is 5.92. The number of hydrogen-bond acceptors (Lipinski definition) is 4. The summed E-state index contributed by atoms with van der Waals surface area (Å²) in [4.78, 5) is 21.9. The van der Waals surface area contributed by atoms with Gasteiger partial charge in [-0.05, 0) is 31.0 Å². The van der Waals surface area contributed by atoms with Crippen LogP contribution in [0.15, 0.2) is 17.0 Å². The van der Waals surface area contributed by atoms with Crippen molar-refractivity contribution in [3.05, 3.63) is 28.3 Å². The average molecular weight is 349 g/mol. The summed E-state index contributed by atoms with van der Waals surface area (Å²) in [5.74, 6) is -2.09. The number of halogens is 1. The fourth-order valence-corrected chi connectivity index (χ4v) is 3.94. The lowest BCUT2D eigenvalue weighted by Gasteiger charge is -2.21. The number of aromatic carboxylic acids is 1. The lowest BCUT2D eigenvalue weighted by molar-refractivity contribution is -0.118. The van der Waals surface area contributed by atoms with E-state index in [4.69, 9.17) is 22.4 Å². The molecule has 1 aromatic carbocycles. The van der Waals surface area contributed by atoms with Gasteiger partial charge in [-0.1, -0.05) is 18.5 Å². The third-order valence-electron chi connectivity index (χ3n) is 2.97. The molecule has 22 heavy (non-hydrogen) atoms. The molecule has 3 N–H and O–H groups in total. The van der Waals surface area contributed by atoms with E-state index in [0.29, 0.717) is 6.42 Å². The van der Waals surface area contributed by atoms with Crippen LogP contribution in [0.5, 0.6) is 0 Å². The van der Waals surface area contributed by atoms with Gasteiger partial charge in [0.2, 0.25) is 15.9 Å². The zero-order valence-corrected chi connectivity index (χ0v) is 13.7. The number of primary amides is 1. The van der Waals surface area contributed by atoms with Crippen molar-refractivity contribution in [3.63, 3.8) is 0 Å². The Balaban J connectivity index is 3.48. The molecule has 0 saturated carbocycles. The van der Waals surface area contributed by atoms with E-state index in [9.17, 15) is 18.0 Å². The second-order valence-corrected chi connectivity index (χ2v) is 7.00. The number of nitrogens with zero attached hydrogens (tertiary/aromatic N) is 1. The highest BCUT2D eigenvalue weighted by Crippen LogP contribution is 2.28. The van der Waals surface area contributed by atoms with Crippen LogP contribution >= 0.6 is 11.6 Å². The van der Waals surface area contributed by atoms with Gasteiger partial charge < -0.3 is 10.8 Å². The van der Waals surface area contributed by atoms with Crippen LogP contribution in [0.2, 0.25) is 5.02 Å². The lowest BCUT2D eigenvalue weighted by atomic mass is 10.1. The first-order valence-electron chi connectivity index (χ1n) is 6.43. The van der Waals surface area contributed by atoms with Gasteiger partial charge in [0.05, 0.1) is 17.0 Å². The standard InChI is InChI=1S/C13H17ClN2O5S/c1-3-4-16(7-12(15)17)22(20,21)11-6-9(13(18)19)5-10(14)8(11)2/h5-6H,3-4,7H2,1-2H3,(H2,15,17)(H,18,19). The van der Waals surface area contributed by atoms with Gasteiger partial charge in [0, 0.05) is 11.6 Å². The molecule has 0 bridgehead atoms. The number of carboxylic acid groups (broad SMARTS) is 1. The Morgan fingerprint density at radius 1 is 1.36 bits per heavy atom. The van der Waals surface area contributed by atoms with Crippen LogP contribution in [0, 0.1) is 6.92 Å². The Kier molecular flexibility index (Phi) is 5.92. The van der Waals surface area contributed by atoms with Gasteiger partial charge in [0.1, 0.15) is 0 Å². The van der Waals surface area contributed by atoms with Crippen molar-refractivity contribution in [3.8, 4) is 0 Å². The van der Waals surface area contributed by atoms with Crippen LogP contribution in [0.3, 0.4) is 0 Å². The molecule has 0 fully saturated rings. The summed E-state index contributed by atoms with van der Waals surface area (Å²) < 4.78 is 26.3. The van der Waals surface area contributed by atoms with E-state index >= 15 is 0 Å². The molecule has 1 amide bonds. The molecule has 1 aromatic rings. The topological polar surface area (TPSA) is 118 Å². The first-order valence-corrected chi connectivity index (χ1v) is 8.25. The number of carboxylic acids is 1. The van der Waals surface area contributed by atoms with Crippen molar-refractivity contribution >= 4 is 33.5 Å². The molecular weight excluding hydrogens is 332 g/mol. The SMILES string of the molecule is CCCN(CC(N)=O)S(=O)(=O)c1cc(C(=O)O)cc(Cl)c1C. The fraction of sp³-hybridized carbons (Fsp3) is 0.385. The summed E-state index contributed by atoms with van der Waals surface area (Å²) in [7, 11) is -4.08. The van der Waals surface area contributed by atoms with Crippen LogP contribution in [0.1, 0.15) is 29.3 Å². The number of carbonyl (C=O) groups is 2. The Morgan fingerprint density at radius 3 is 2.41 bits per heavy atom. The van der Waals surface area contributed by atoms with Crippen LogP contribution in [0.4, 0.5) is 0 Å². The summed E-state index contributed by atoms with van der Waals surface area (Å²) in [6.45, 7) is 2.82. The zero-order valence-electron chi connectivity index (χ0n) is 12.2. The van der Waals surface area contributed by atoms with Gasteiger partial charge in [-0.2, -0.15) is 4.31 Å². The minimum atomic E-state index is -4.08. The van der Waals surface area contributed by atoms with E-state index < -0.39 is 28.4 Å². The van der Waals surface area contributed by atoms with E-state index in [2.05, 4.69) is 0 Å². The van der Waals surface area contributed by atoms with Gasteiger partial charge in [0.15, 0.2) is 0 Å². The molecule has 0 aliphatic rings.